The van der Waals surface area contributed by atoms with Gasteiger partial charge >= 0.3 is 5.97 Å². The predicted molar refractivity (Wildman–Crippen MR) is 166 cm³/mol. The molecule has 10 heteroatoms. The van der Waals surface area contributed by atoms with Crippen LogP contribution in [0.5, 0.6) is 0 Å². The van der Waals surface area contributed by atoms with Gasteiger partial charge in [0, 0.05) is 18.6 Å². The van der Waals surface area contributed by atoms with Gasteiger partial charge in [0.25, 0.3) is 17.5 Å². The number of non-ortho nitro benzene ring substituents is 1. The molecule has 1 saturated heterocycles. The minimum atomic E-state index is -1.26. The second-order valence-electron chi connectivity index (χ2n) is 11.7. The lowest BCUT2D eigenvalue weighted by molar-refractivity contribution is -0.385. The van der Waals surface area contributed by atoms with E-state index in [1.54, 1.807) is 30.3 Å². The Labute approximate surface area is 264 Å². The number of hydrogen-bond acceptors (Lipinski definition) is 7. The summed E-state index contributed by atoms with van der Waals surface area (Å²) in [6.45, 7) is 0. The van der Waals surface area contributed by atoms with E-state index in [1.807, 2.05) is 60.7 Å². The van der Waals surface area contributed by atoms with Gasteiger partial charge in [-0.15, -0.1) is 0 Å². The number of carbonyl (C=O) groups excluding carboxylic acids is 4. The van der Waals surface area contributed by atoms with Crippen LogP contribution in [0.4, 0.5) is 5.69 Å². The Morgan fingerprint density at radius 2 is 1.37 bits per heavy atom. The topological polar surface area (TPSA) is 127 Å². The maximum Gasteiger partial charge on any atom is 0.329 e. The first-order chi connectivity index (χ1) is 22.3. The molecular weight excluding hydrogens is 586 g/mol. The second-order valence-corrected chi connectivity index (χ2v) is 11.7. The number of nitro groups is 1. The predicted octanol–water partition coefficient (Wildman–Crippen LogP) is 5.57. The molecule has 4 aromatic rings. The molecule has 3 aliphatic heterocycles. The minimum absolute atomic E-state index is 0.0386. The first kappa shape index (κ1) is 29.1. The maximum absolute atomic E-state index is 14.7. The molecule has 3 amide bonds. The van der Waals surface area contributed by atoms with Crippen molar-refractivity contribution in [1.82, 2.24) is 9.80 Å². The summed E-state index contributed by atoms with van der Waals surface area (Å²) in [5, 5.41) is 11.8. The zero-order valence-electron chi connectivity index (χ0n) is 24.7. The van der Waals surface area contributed by atoms with E-state index in [0.29, 0.717) is 24.0 Å². The number of rotatable bonds is 6. The fourth-order valence-corrected chi connectivity index (χ4v) is 6.98. The van der Waals surface area contributed by atoms with Crippen LogP contribution in [0.25, 0.3) is 0 Å². The van der Waals surface area contributed by atoms with Crippen molar-refractivity contribution in [2.45, 2.75) is 49.9 Å². The highest BCUT2D eigenvalue weighted by Gasteiger charge is 2.51. The van der Waals surface area contributed by atoms with Crippen LogP contribution in [0, 0.1) is 10.1 Å². The molecule has 3 heterocycles. The Balaban J connectivity index is 1.30. The molecule has 0 radical (unpaired) electrons. The van der Waals surface area contributed by atoms with Gasteiger partial charge in [0.15, 0.2) is 6.10 Å². The normalized spacial score (nSPS) is 20.5. The molecule has 1 fully saturated rings. The second kappa shape index (κ2) is 11.7. The Morgan fingerprint density at radius 3 is 1.96 bits per heavy atom. The summed E-state index contributed by atoms with van der Waals surface area (Å²) in [5.74, 6) is -2.39. The number of carbonyl (C=O) groups is 4. The van der Waals surface area contributed by atoms with Crippen molar-refractivity contribution < 1.29 is 28.8 Å². The molecule has 3 aliphatic rings. The average Bonchev–Trinajstić information content (AvgIpc) is 3.27. The molecule has 10 nitrogen and oxygen atoms in total. The number of fused-ring (bicyclic) bond motifs is 4. The molecule has 3 unspecified atom stereocenters. The number of nitrogens with zero attached hydrogens (tertiary/aromatic N) is 3. The molecule has 7 rings (SSSR count). The SMILES string of the molecule is O=C(OC(c1ccccc1)c1ccccc1)C1CCCC2c3cc([N+](=O)[O-])ccc3CC(N3C(=O)c4ccccc4C3=O)C(=O)N12. The smallest absolute Gasteiger partial charge is 0.329 e. The van der Waals surface area contributed by atoms with E-state index in [-0.39, 0.29) is 29.7 Å². The van der Waals surface area contributed by atoms with Crippen molar-refractivity contribution in [3.63, 3.8) is 0 Å². The molecule has 3 atom stereocenters. The van der Waals surface area contributed by atoms with Crippen LogP contribution in [0.2, 0.25) is 0 Å². The van der Waals surface area contributed by atoms with Crippen LogP contribution >= 0.6 is 0 Å². The van der Waals surface area contributed by atoms with E-state index in [0.717, 1.165) is 16.0 Å². The number of esters is 1. The van der Waals surface area contributed by atoms with Gasteiger partial charge in [-0.05, 0) is 53.6 Å². The van der Waals surface area contributed by atoms with Crippen molar-refractivity contribution in [1.29, 1.82) is 0 Å². The first-order valence-corrected chi connectivity index (χ1v) is 15.2. The molecule has 0 saturated carbocycles. The van der Waals surface area contributed by atoms with Crippen molar-refractivity contribution in [3.8, 4) is 0 Å². The fourth-order valence-electron chi connectivity index (χ4n) is 6.98. The molecule has 0 N–H and O–H groups in total. The van der Waals surface area contributed by atoms with E-state index < -0.39 is 52.8 Å². The Morgan fingerprint density at radius 1 is 0.783 bits per heavy atom. The highest BCUT2D eigenvalue weighted by atomic mass is 16.6. The summed E-state index contributed by atoms with van der Waals surface area (Å²) in [7, 11) is 0. The summed E-state index contributed by atoms with van der Waals surface area (Å²) in [4.78, 5) is 69.8. The number of amides is 3. The maximum atomic E-state index is 14.7. The van der Waals surface area contributed by atoms with Crippen molar-refractivity contribution >= 4 is 29.4 Å². The molecule has 4 aromatic carbocycles. The van der Waals surface area contributed by atoms with Crippen LogP contribution < -0.4 is 0 Å². The highest BCUT2D eigenvalue weighted by Crippen LogP contribution is 2.43. The Hall–Kier alpha value is -5.64. The summed E-state index contributed by atoms with van der Waals surface area (Å²) in [5.41, 5.74) is 2.89. The standard InChI is InChI=1S/C36H29N3O7/c40-33-26-14-7-8-15-27(26)34(41)38(33)31-20-24-18-19-25(39(44)45)21-28(24)29-16-9-17-30(37(29)35(31)42)36(43)46-32(22-10-3-1-4-11-22)23-12-5-2-6-13-23/h1-8,10-15,18-19,21,29-32H,9,16-17,20H2. The average molecular weight is 616 g/mol. The third-order valence-electron chi connectivity index (χ3n) is 9.13. The number of benzene rings is 4. The number of nitro benzene ring substituents is 1. The van der Waals surface area contributed by atoms with Gasteiger partial charge in [-0.2, -0.15) is 0 Å². The van der Waals surface area contributed by atoms with Crippen LogP contribution in [-0.4, -0.2) is 50.5 Å². The quantitative estimate of drug-likeness (QED) is 0.120. The van der Waals surface area contributed by atoms with Crippen LogP contribution in [0.1, 0.15) is 74.4 Å². The van der Waals surface area contributed by atoms with Gasteiger partial charge in [-0.25, -0.2) is 4.79 Å². The zero-order valence-corrected chi connectivity index (χ0v) is 24.7. The minimum Gasteiger partial charge on any atom is -0.451 e. The van der Waals surface area contributed by atoms with Crippen LogP contribution in [-0.2, 0) is 20.7 Å². The summed E-state index contributed by atoms with van der Waals surface area (Å²) in [6.07, 6.45) is 0.492. The lowest BCUT2D eigenvalue weighted by Crippen LogP contribution is -2.57. The third-order valence-corrected chi connectivity index (χ3v) is 9.13. The monoisotopic (exact) mass is 615 g/mol. The van der Waals surface area contributed by atoms with E-state index in [2.05, 4.69) is 0 Å². The number of piperidine rings is 1. The van der Waals surface area contributed by atoms with Crippen molar-refractivity contribution in [2.24, 2.45) is 0 Å². The Bertz CT molecular complexity index is 1800. The van der Waals surface area contributed by atoms with E-state index in [1.165, 1.54) is 17.0 Å². The lowest BCUT2D eigenvalue weighted by atomic mass is 9.89. The third kappa shape index (κ3) is 4.92. The first-order valence-electron chi connectivity index (χ1n) is 15.2. The van der Waals surface area contributed by atoms with Gasteiger partial charge in [0.05, 0.1) is 22.1 Å². The van der Waals surface area contributed by atoms with Crippen molar-refractivity contribution in [2.75, 3.05) is 0 Å². The molecular formula is C36H29N3O7. The van der Waals surface area contributed by atoms with Crippen molar-refractivity contribution in [3.05, 3.63) is 147 Å². The van der Waals surface area contributed by atoms with E-state index >= 15 is 0 Å². The number of ether oxygens (including phenoxy) is 1. The summed E-state index contributed by atoms with van der Waals surface area (Å²) in [6, 6.07) is 26.4. The zero-order chi connectivity index (χ0) is 31.9. The molecule has 0 spiro atoms. The van der Waals surface area contributed by atoms with Gasteiger partial charge in [-0.3, -0.25) is 29.4 Å². The number of hydrogen-bond donors (Lipinski definition) is 0. The molecule has 230 valence electrons. The van der Waals surface area contributed by atoms with Gasteiger partial charge in [0.1, 0.15) is 12.1 Å². The molecule has 46 heavy (non-hydrogen) atoms. The van der Waals surface area contributed by atoms with E-state index in [9.17, 15) is 29.3 Å². The summed E-state index contributed by atoms with van der Waals surface area (Å²) >= 11 is 0. The molecule has 0 bridgehead atoms. The lowest BCUT2D eigenvalue weighted by Gasteiger charge is -2.42. The van der Waals surface area contributed by atoms with E-state index in [4.69, 9.17) is 4.74 Å². The van der Waals surface area contributed by atoms with Crippen LogP contribution in [0.3, 0.4) is 0 Å². The Kier molecular flexibility index (Phi) is 7.40. The highest BCUT2D eigenvalue weighted by molar-refractivity contribution is 6.23. The van der Waals surface area contributed by atoms with Crippen LogP contribution in [0.15, 0.2) is 103 Å². The number of imide groups is 1. The largest absolute Gasteiger partial charge is 0.451 e. The van der Waals surface area contributed by atoms with Gasteiger partial charge in [-0.1, -0.05) is 78.9 Å². The summed E-state index contributed by atoms with van der Waals surface area (Å²) < 4.78 is 6.22. The molecule has 0 aliphatic carbocycles. The van der Waals surface area contributed by atoms with Gasteiger partial charge in [0.2, 0.25) is 5.91 Å². The fraction of sp³-hybridized carbons (Fsp3) is 0.222. The van der Waals surface area contributed by atoms with Gasteiger partial charge < -0.3 is 9.64 Å². The molecule has 0 aromatic heterocycles.